The van der Waals surface area contributed by atoms with Crippen LogP contribution in [0.3, 0.4) is 0 Å². The topological polar surface area (TPSA) is 6.48 Å². The molecule has 1 aliphatic rings. The molecule has 0 atom stereocenters. The zero-order chi connectivity index (χ0) is 36.9. The van der Waals surface area contributed by atoms with Crippen LogP contribution in [-0.4, -0.2) is 0 Å². The molecule has 0 fully saturated rings. The van der Waals surface area contributed by atoms with Crippen LogP contribution in [0.15, 0.2) is 206 Å². The van der Waals surface area contributed by atoms with Crippen molar-refractivity contribution in [3.8, 4) is 22.3 Å². The molecular weight excluding hydrogens is 665 g/mol. The van der Waals surface area contributed by atoms with Gasteiger partial charge in [-0.15, -0.1) is 0 Å². The summed E-state index contributed by atoms with van der Waals surface area (Å²) in [4.78, 5) is 4.67. The molecule has 0 heterocycles. The number of hydrogen-bond acceptors (Lipinski definition) is 2. The minimum Gasteiger partial charge on any atom is -0.311 e. The largest absolute Gasteiger partial charge is 0.311 e. The summed E-state index contributed by atoms with van der Waals surface area (Å²) in [6.07, 6.45) is 0. The molecule has 10 rings (SSSR count). The Bertz CT molecular complexity index is 2730. The Morgan fingerprint density at radius 2 is 0.764 bits per heavy atom. The number of nitrogens with zero attached hydrogens (tertiary/aromatic N) is 2. The summed E-state index contributed by atoms with van der Waals surface area (Å²) in [7, 11) is 0. The zero-order valence-corrected chi connectivity index (χ0v) is 31.0. The van der Waals surface area contributed by atoms with Crippen LogP contribution in [0, 0.1) is 0 Å². The molecule has 0 unspecified atom stereocenters. The van der Waals surface area contributed by atoms with Crippen LogP contribution in [0.25, 0.3) is 43.8 Å². The number of fused-ring (bicyclic) bond motifs is 8. The van der Waals surface area contributed by atoms with Gasteiger partial charge in [-0.2, -0.15) is 0 Å². The minimum absolute atomic E-state index is 0.208. The fourth-order valence-electron chi connectivity index (χ4n) is 8.85. The second-order valence-electron chi connectivity index (χ2n) is 15.0. The van der Waals surface area contributed by atoms with E-state index in [1.54, 1.807) is 0 Å². The van der Waals surface area contributed by atoms with Crippen molar-refractivity contribution < 1.29 is 0 Å². The lowest BCUT2D eigenvalue weighted by Crippen LogP contribution is -2.16. The van der Waals surface area contributed by atoms with E-state index in [4.69, 9.17) is 0 Å². The molecule has 0 saturated carbocycles. The van der Waals surface area contributed by atoms with Crippen molar-refractivity contribution in [3.05, 3.63) is 217 Å². The summed E-state index contributed by atoms with van der Waals surface area (Å²) in [5.74, 6) is 0. The predicted octanol–water partition coefficient (Wildman–Crippen LogP) is 14.9. The standard InChI is InChI=1S/C53H40N2/c1-53(2)50-35-38(37-27-30-43(31-28-37)54(39-17-7-3-8-18-39)40-19-9-4-10-20-40)29-33-48(50)51-46-26-16-15-25-45(46)49-36-44(32-34-47(49)52(51)53)55(41-21-11-5-12-22-41)42-23-13-6-14-24-42/h3-36H,1-2H3. The van der Waals surface area contributed by atoms with Crippen molar-refractivity contribution in [2.75, 3.05) is 9.80 Å². The van der Waals surface area contributed by atoms with Crippen molar-refractivity contribution in [3.63, 3.8) is 0 Å². The van der Waals surface area contributed by atoms with Crippen molar-refractivity contribution in [2.45, 2.75) is 19.3 Å². The van der Waals surface area contributed by atoms with E-state index in [9.17, 15) is 0 Å². The molecule has 1 aliphatic carbocycles. The second kappa shape index (κ2) is 13.2. The number of benzene rings is 9. The van der Waals surface area contributed by atoms with Gasteiger partial charge in [0.05, 0.1) is 0 Å². The highest BCUT2D eigenvalue weighted by atomic mass is 15.1. The van der Waals surface area contributed by atoms with Gasteiger partial charge in [-0.1, -0.05) is 141 Å². The maximum absolute atomic E-state index is 2.44. The molecule has 55 heavy (non-hydrogen) atoms. The molecular formula is C53H40N2. The highest BCUT2D eigenvalue weighted by Gasteiger charge is 2.38. The Labute approximate surface area is 323 Å². The van der Waals surface area contributed by atoms with Gasteiger partial charge in [0.25, 0.3) is 0 Å². The first-order valence-corrected chi connectivity index (χ1v) is 19.1. The van der Waals surface area contributed by atoms with E-state index in [0.29, 0.717) is 0 Å². The first kappa shape index (κ1) is 32.7. The summed E-state index contributed by atoms with van der Waals surface area (Å²) in [6, 6.07) is 74.7. The number of rotatable bonds is 7. The summed E-state index contributed by atoms with van der Waals surface area (Å²) in [5, 5.41) is 5.18. The lowest BCUT2D eigenvalue weighted by atomic mass is 9.78. The van der Waals surface area contributed by atoms with Gasteiger partial charge in [-0.25, -0.2) is 0 Å². The fourth-order valence-corrected chi connectivity index (χ4v) is 8.85. The van der Waals surface area contributed by atoms with Gasteiger partial charge in [-0.05, 0) is 134 Å². The van der Waals surface area contributed by atoms with Crippen molar-refractivity contribution in [1.29, 1.82) is 0 Å². The first-order valence-electron chi connectivity index (χ1n) is 19.1. The normalized spacial score (nSPS) is 12.7. The monoisotopic (exact) mass is 704 g/mol. The van der Waals surface area contributed by atoms with Gasteiger partial charge in [0.1, 0.15) is 0 Å². The quantitative estimate of drug-likeness (QED) is 0.152. The first-order chi connectivity index (χ1) is 27.1. The molecule has 9 aromatic carbocycles. The van der Waals surface area contributed by atoms with E-state index in [2.05, 4.69) is 230 Å². The van der Waals surface area contributed by atoms with Gasteiger partial charge < -0.3 is 9.80 Å². The third-order valence-electron chi connectivity index (χ3n) is 11.4. The second-order valence-corrected chi connectivity index (χ2v) is 15.0. The Kier molecular flexibility index (Phi) is 7.85. The molecule has 0 spiro atoms. The Hall–Kier alpha value is -6.90. The maximum Gasteiger partial charge on any atom is 0.0468 e. The van der Waals surface area contributed by atoms with E-state index in [-0.39, 0.29) is 5.41 Å². The van der Waals surface area contributed by atoms with Crippen LogP contribution in [0.4, 0.5) is 34.1 Å². The van der Waals surface area contributed by atoms with Gasteiger partial charge in [0.15, 0.2) is 0 Å². The molecule has 0 amide bonds. The Balaban J connectivity index is 1.08. The SMILES string of the molecule is CC1(C)c2cc(-c3ccc(N(c4ccccc4)c4ccccc4)cc3)ccc2-c2c1c1ccc(N(c3ccccc3)c3ccccc3)cc1c1ccccc21. The minimum atomic E-state index is -0.208. The number of para-hydroxylation sites is 4. The lowest BCUT2D eigenvalue weighted by molar-refractivity contribution is 0.667. The van der Waals surface area contributed by atoms with Gasteiger partial charge in [-0.3, -0.25) is 0 Å². The predicted molar refractivity (Wildman–Crippen MR) is 234 cm³/mol. The molecule has 0 bridgehead atoms. The average molecular weight is 705 g/mol. The molecule has 0 saturated heterocycles. The van der Waals surface area contributed by atoms with Crippen LogP contribution in [0.1, 0.15) is 25.0 Å². The fraction of sp³-hybridized carbons (Fsp3) is 0.0566. The van der Waals surface area contributed by atoms with Crippen LogP contribution < -0.4 is 9.80 Å². The number of anilines is 6. The van der Waals surface area contributed by atoms with E-state index in [1.807, 2.05) is 0 Å². The Morgan fingerprint density at radius 3 is 1.31 bits per heavy atom. The third-order valence-corrected chi connectivity index (χ3v) is 11.4. The molecule has 2 nitrogen and oxygen atoms in total. The molecule has 0 aliphatic heterocycles. The van der Waals surface area contributed by atoms with Crippen molar-refractivity contribution >= 4 is 55.7 Å². The van der Waals surface area contributed by atoms with Crippen LogP contribution >= 0.6 is 0 Å². The summed E-state index contributed by atoms with van der Waals surface area (Å²) in [6.45, 7) is 4.81. The van der Waals surface area contributed by atoms with Crippen LogP contribution in [0.2, 0.25) is 0 Å². The third kappa shape index (κ3) is 5.49. The molecule has 262 valence electrons. The summed E-state index contributed by atoms with van der Waals surface area (Å²) >= 11 is 0. The van der Waals surface area contributed by atoms with E-state index >= 15 is 0 Å². The summed E-state index contributed by atoms with van der Waals surface area (Å²) in [5.41, 5.74) is 14.5. The van der Waals surface area contributed by atoms with Gasteiger partial charge >= 0.3 is 0 Å². The molecule has 9 aromatic rings. The number of hydrogen-bond donors (Lipinski definition) is 0. The highest BCUT2D eigenvalue weighted by Crippen LogP contribution is 2.56. The molecule has 2 heteroatoms. The van der Waals surface area contributed by atoms with E-state index in [0.717, 1.165) is 34.1 Å². The van der Waals surface area contributed by atoms with E-state index < -0.39 is 0 Å². The van der Waals surface area contributed by atoms with Gasteiger partial charge in [0.2, 0.25) is 0 Å². The zero-order valence-electron chi connectivity index (χ0n) is 31.0. The van der Waals surface area contributed by atoms with Crippen LogP contribution in [-0.2, 0) is 5.41 Å². The molecule has 0 N–H and O–H groups in total. The maximum atomic E-state index is 2.44. The van der Waals surface area contributed by atoms with Gasteiger partial charge in [0, 0.05) is 39.5 Å². The van der Waals surface area contributed by atoms with Crippen LogP contribution in [0.5, 0.6) is 0 Å². The van der Waals surface area contributed by atoms with Crippen molar-refractivity contribution in [1.82, 2.24) is 0 Å². The Morgan fingerprint density at radius 1 is 0.327 bits per heavy atom. The summed E-state index contributed by atoms with van der Waals surface area (Å²) < 4.78 is 0. The molecule has 0 radical (unpaired) electrons. The average Bonchev–Trinajstić information content (AvgIpc) is 3.49. The van der Waals surface area contributed by atoms with E-state index in [1.165, 1.54) is 54.9 Å². The smallest absolute Gasteiger partial charge is 0.0468 e. The van der Waals surface area contributed by atoms with Crippen molar-refractivity contribution in [2.24, 2.45) is 0 Å². The highest BCUT2D eigenvalue weighted by molar-refractivity contribution is 6.19. The lowest BCUT2D eigenvalue weighted by Gasteiger charge is -2.28. The molecule has 0 aromatic heterocycles.